The summed E-state index contributed by atoms with van der Waals surface area (Å²) in [5, 5.41) is 18.5. The molecule has 0 bridgehead atoms. The number of Topliss-reactive ketones (excluding diaryl/α,β-unsaturated/α-hetero) is 1. The molecular weight excluding hydrogens is 572 g/mol. The molecule has 0 aliphatic carbocycles. The third-order valence-electron chi connectivity index (χ3n) is 9.36. The van der Waals surface area contributed by atoms with E-state index < -0.39 is 18.7 Å². The zero-order valence-corrected chi connectivity index (χ0v) is 30.8. The molecule has 0 fully saturated rings. The lowest BCUT2D eigenvalue weighted by Gasteiger charge is -2.16. The van der Waals surface area contributed by atoms with Gasteiger partial charge in [0.15, 0.2) is 0 Å². The van der Waals surface area contributed by atoms with Crippen LogP contribution in [0, 0.1) is 5.92 Å². The topological polar surface area (TPSA) is 83.8 Å². The van der Waals surface area contributed by atoms with Gasteiger partial charge < -0.3 is 14.9 Å². The van der Waals surface area contributed by atoms with Crippen molar-refractivity contribution >= 4 is 11.8 Å². The molecule has 0 heterocycles. The van der Waals surface area contributed by atoms with Crippen molar-refractivity contribution in [3.8, 4) is 0 Å². The lowest BCUT2D eigenvalue weighted by Crippen LogP contribution is -2.25. The number of hydrogen-bond donors (Lipinski definition) is 2. The average Bonchev–Trinajstić information content (AvgIpc) is 3.06. The number of ketones is 1. The molecule has 0 saturated carbocycles. The maximum atomic E-state index is 13.1. The Kier molecular flexibility index (Phi) is 35.7. The van der Waals surface area contributed by atoms with Crippen molar-refractivity contribution < 1.29 is 24.5 Å². The van der Waals surface area contributed by atoms with E-state index in [1.807, 2.05) is 0 Å². The number of carbonyl (C=O) groups excluding carboxylic acids is 2. The van der Waals surface area contributed by atoms with Gasteiger partial charge in [0, 0.05) is 12.3 Å². The molecule has 0 aliphatic rings. The second-order valence-corrected chi connectivity index (χ2v) is 14.0. The standard InChI is InChI=1S/C41H78O5/c1-3-5-7-9-11-13-15-17-18-19-20-22-24-26-28-30-32-34-40(44)38(35-41(45)46-37-39(43)36-42)33-31-29-27-25-23-21-16-14-12-10-8-6-4-2/h21,23,38-39,42-43H,3-20,22,24-37H2,1-2H3. The quantitative estimate of drug-likeness (QED) is 0.0397. The Labute approximate surface area is 286 Å². The SMILES string of the molecule is CCCCCCCCC=CCCCCCC(CC(=O)OCC(O)CO)C(=O)CCCCCCCCCCCCCCCCCCC. The highest BCUT2D eigenvalue weighted by molar-refractivity contribution is 5.85. The molecule has 0 aromatic rings. The average molecular weight is 651 g/mol. The fourth-order valence-corrected chi connectivity index (χ4v) is 6.21. The Hall–Kier alpha value is -1.20. The number of carbonyl (C=O) groups is 2. The van der Waals surface area contributed by atoms with Crippen LogP contribution in [0.3, 0.4) is 0 Å². The molecule has 2 unspecified atom stereocenters. The lowest BCUT2D eigenvalue weighted by molar-refractivity contribution is -0.150. The van der Waals surface area contributed by atoms with Crippen LogP contribution >= 0.6 is 0 Å². The Bertz CT molecular complexity index is 676. The molecule has 272 valence electrons. The predicted octanol–water partition coefficient (Wildman–Crippen LogP) is 11.8. The number of allylic oxidation sites excluding steroid dienone is 2. The van der Waals surface area contributed by atoms with Gasteiger partial charge in [0.1, 0.15) is 18.5 Å². The van der Waals surface area contributed by atoms with E-state index >= 15 is 0 Å². The minimum atomic E-state index is -1.07. The van der Waals surface area contributed by atoms with Gasteiger partial charge >= 0.3 is 5.97 Å². The molecule has 0 radical (unpaired) electrons. The highest BCUT2D eigenvalue weighted by Crippen LogP contribution is 2.21. The van der Waals surface area contributed by atoms with Gasteiger partial charge in [0.2, 0.25) is 0 Å². The van der Waals surface area contributed by atoms with Gasteiger partial charge in [-0.1, -0.05) is 174 Å². The molecular formula is C41H78O5. The minimum Gasteiger partial charge on any atom is -0.463 e. The number of ether oxygens (including phenoxy) is 1. The van der Waals surface area contributed by atoms with Crippen molar-refractivity contribution in [2.45, 2.75) is 219 Å². The van der Waals surface area contributed by atoms with E-state index in [0.29, 0.717) is 6.42 Å². The van der Waals surface area contributed by atoms with Crippen molar-refractivity contribution in [3.05, 3.63) is 12.2 Å². The first-order valence-corrected chi connectivity index (χ1v) is 20.2. The number of rotatable bonds is 37. The summed E-state index contributed by atoms with van der Waals surface area (Å²) >= 11 is 0. The van der Waals surface area contributed by atoms with Crippen LogP contribution in [0.25, 0.3) is 0 Å². The zero-order chi connectivity index (χ0) is 33.8. The summed E-state index contributed by atoms with van der Waals surface area (Å²) in [5.74, 6) is -0.576. The Morgan fingerprint density at radius 2 is 0.957 bits per heavy atom. The fourth-order valence-electron chi connectivity index (χ4n) is 6.21. The van der Waals surface area contributed by atoms with Gasteiger partial charge in [-0.2, -0.15) is 0 Å². The smallest absolute Gasteiger partial charge is 0.306 e. The first kappa shape index (κ1) is 44.8. The van der Waals surface area contributed by atoms with Crippen LogP contribution in [0.5, 0.6) is 0 Å². The number of esters is 1. The largest absolute Gasteiger partial charge is 0.463 e. The highest BCUT2D eigenvalue weighted by Gasteiger charge is 2.22. The van der Waals surface area contributed by atoms with Crippen LogP contribution in [0.15, 0.2) is 12.2 Å². The Morgan fingerprint density at radius 3 is 1.39 bits per heavy atom. The number of aliphatic hydroxyl groups is 2. The van der Waals surface area contributed by atoms with Crippen LogP contribution in [0.4, 0.5) is 0 Å². The van der Waals surface area contributed by atoms with Gasteiger partial charge in [-0.3, -0.25) is 9.59 Å². The molecule has 2 atom stereocenters. The van der Waals surface area contributed by atoms with Crippen LogP contribution in [-0.4, -0.2) is 41.3 Å². The fraction of sp³-hybridized carbons (Fsp3) is 0.902. The molecule has 0 rings (SSSR count). The second kappa shape index (κ2) is 36.6. The van der Waals surface area contributed by atoms with Crippen LogP contribution < -0.4 is 0 Å². The van der Waals surface area contributed by atoms with Gasteiger partial charge in [-0.25, -0.2) is 0 Å². The van der Waals surface area contributed by atoms with Crippen molar-refractivity contribution in [2.24, 2.45) is 5.92 Å². The number of unbranched alkanes of at least 4 members (excludes halogenated alkanes) is 25. The van der Waals surface area contributed by atoms with Crippen molar-refractivity contribution in [1.82, 2.24) is 0 Å². The molecule has 0 saturated heterocycles. The van der Waals surface area contributed by atoms with Crippen LogP contribution in [0.2, 0.25) is 0 Å². The molecule has 0 amide bonds. The second-order valence-electron chi connectivity index (χ2n) is 14.0. The summed E-state index contributed by atoms with van der Waals surface area (Å²) in [6.45, 7) is 3.87. The van der Waals surface area contributed by atoms with Crippen molar-refractivity contribution in [3.63, 3.8) is 0 Å². The van der Waals surface area contributed by atoms with Crippen LogP contribution in [0.1, 0.15) is 213 Å². The van der Waals surface area contributed by atoms with Crippen molar-refractivity contribution in [2.75, 3.05) is 13.2 Å². The maximum Gasteiger partial charge on any atom is 0.306 e. The van der Waals surface area contributed by atoms with Crippen LogP contribution in [-0.2, 0) is 14.3 Å². The molecule has 5 heteroatoms. The summed E-state index contributed by atoms with van der Waals surface area (Å²) in [4.78, 5) is 25.4. The molecule has 2 N–H and O–H groups in total. The minimum absolute atomic E-state index is 0.0775. The normalized spacial score (nSPS) is 13.0. The summed E-state index contributed by atoms with van der Waals surface area (Å²) in [6, 6.07) is 0. The van der Waals surface area contributed by atoms with Gasteiger partial charge in [0.25, 0.3) is 0 Å². The first-order chi connectivity index (χ1) is 22.5. The molecule has 0 spiro atoms. The first-order valence-electron chi connectivity index (χ1n) is 20.2. The monoisotopic (exact) mass is 651 g/mol. The molecule has 0 aromatic heterocycles. The number of aliphatic hydroxyl groups excluding tert-OH is 2. The van der Waals surface area contributed by atoms with Gasteiger partial charge in [-0.15, -0.1) is 0 Å². The predicted molar refractivity (Wildman–Crippen MR) is 196 cm³/mol. The Morgan fingerprint density at radius 1 is 0.565 bits per heavy atom. The van der Waals surface area contributed by atoms with E-state index in [0.717, 1.165) is 44.9 Å². The Balaban J connectivity index is 4.06. The van der Waals surface area contributed by atoms with E-state index in [-0.39, 0.29) is 24.7 Å². The summed E-state index contributed by atoms with van der Waals surface area (Å²) in [7, 11) is 0. The molecule has 46 heavy (non-hydrogen) atoms. The molecule has 5 nitrogen and oxygen atoms in total. The maximum absolute atomic E-state index is 13.1. The van der Waals surface area contributed by atoms with E-state index in [1.165, 1.54) is 141 Å². The summed E-state index contributed by atoms with van der Waals surface area (Å²) < 4.78 is 5.12. The van der Waals surface area contributed by atoms with Crippen molar-refractivity contribution in [1.29, 1.82) is 0 Å². The number of hydrogen-bond acceptors (Lipinski definition) is 5. The summed E-state index contributed by atoms with van der Waals surface area (Å²) in [5.41, 5.74) is 0. The highest BCUT2D eigenvalue weighted by atomic mass is 16.5. The lowest BCUT2D eigenvalue weighted by atomic mass is 9.90. The molecule has 0 aliphatic heterocycles. The zero-order valence-electron chi connectivity index (χ0n) is 30.8. The van der Waals surface area contributed by atoms with E-state index in [4.69, 9.17) is 9.84 Å². The van der Waals surface area contributed by atoms with Gasteiger partial charge in [-0.05, 0) is 38.5 Å². The van der Waals surface area contributed by atoms with E-state index in [1.54, 1.807) is 0 Å². The van der Waals surface area contributed by atoms with E-state index in [9.17, 15) is 14.7 Å². The van der Waals surface area contributed by atoms with E-state index in [2.05, 4.69) is 26.0 Å². The third kappa shape index (κ3) is 32.7. The molecule has 0 aromatic carbocycles. The van der Waals surface area contributed by atoms with Gasteiger partial charge in [0.05, 0.1) is 13.0 Å². The third-order valence-corrected chi connectivity index (χ3v) is 9.36. The summed E-state index contributed by atoms with van der Waals surface area (Å²) in [6.07, 6.45) is 40.7.